The fourth-order valence-corrected chi connectivity index (χ4v) is 3.32. The Bertz CT molecular complexity index is 515. The molecule has 1 aliphatic heterocycles. The molecule has 3 rings (SSSR count). The van der Waals surface area contributed by atoms with Gasteiger partial charge in [-0.3, -0.25) is 4.79 Å². The Balaban J connectivity index is 1.81. The van der Waals surface area contributed by atoms with E-state index < -0.39 is 5.91 Å². The predicted molar refractivity (Wildman–Crippen MR) is 78.0 cm³/mol. The standard InChI is InChI=1S/C16H20N2O/c17-16(19)8-6-12-5-7-15-13(11-12)9-10-18(15)14-3-1-2-4-14/h5-8,11,14H,1-4,9-10H2,(H2,17,19)/b8-6-. The molecule has 1 saturated carbocycles. The van der Waals surface area contributed by atoms with Crippen LogP contribution in [-0.2, 0) is 11.2 Å². The van der Waals surface area contributed by atoms with Gasteiger partial charge in [-0.25, -0.2) is 0 Å². The van der Waals surface area contributed by atoms with Gasteiger partial charge in [0, 0.05) is 24.4 Å². The quantitative estimate of drug-likeness (QED) is 0.845. The van der Waals surface area contributed by atoms with Crippen LogP contribution in [0.5, 0.6) is 0 Å². The molecule has 2 aliphatic rings. The lowest BCUT2D eigenvalue weighted by Gasteiger charge is -2.26. The van der Waals surface area contributed by atoms with Crippen LogP contribution in [0.15, 0.2) is 24.3 Å². The van der Waals surface area contributed by atoms with Crippen LogP contribution in [-0.4, -0.2) is 18.5 Å². The molecule has 0 radical (unpaired) electrons. The summed E-state index contributed by atoms with van der Waals surface area (Å²) in [6, 6.07) is 7.20. The van der Waals surface area contributed by atoms with E-state index in [1.165, 1.54) is 43.0 Å². The van der Waals surface area contributed by atoms with Crippen molar-refractivity contribution >= 4 is 17.7 Å². The second-order valence-corrected chi connectivity index (χ2v) is 5.51. The number of nitrogens with zero attached hydrogens (tertiary/aromatic N) is 1. The van der Waals surface area contributed by atoms with Gasteiger partial charge < -0.3 is 10.6 Å². The lowest BCUT2D eigenvalue weighted by molar-refractivity contribution is -0.113. The first-order chi connectivity index (χ1) is 9.24. The van der Waals surface area contributed by atoms with Gasteiger partial charge >= 0.3 is 0 Å². The Hall–Kier alpha value is -1.77. The van der Waals surface area contributed by atoms with Gasteiger partial charge in [0.05, 0.1) is 0 Å². The van der Waals surface area contributed by atoms with Crippen molar-refractivity contribution in [3.63, 3.8) is 0 Å². The molecule has 2 N–H and O–H groups in total. The number of hydrogen-bond acceptors (Lipinski definition) is 2. The van der Waals surface area contributed by atoms with Gasteiger partial charge in [0.2, 0.25) is 5.91 Å². The number of benzene rings is 1. The second kappa shape index (κ2) is 5.08. The maximum atomic E-state index is 10.8. The Morgan fingerprint density at radius 2 is 2.11 bits per heavy atom. The summed E-state index contributed by atoms with van der Waals surface area (Å²) in [6.45, 7) is 1.14. The lowest BCUT2D eigenvalue weighted by Crippen LogP contribution is -2.31. The van der Waals surface area contributed by atoms with Gasteiger partial charge in [0.1, 0.15) is 0 Å². The molecule has 0 saturated heterocycles. The first kappa shape index (κ1) is 12.3. The molecule has 0 aromatic heterocycles. The molecule has 1 heterocycles. The zero-order valence-corrected chi connectivity index (χ0v) is 11.1. The monoisotopic (exact) mass is 256 g/mol. The van der Waals surface area contributed by atoms with Crippen molar-refractivity contribution in [2.75, 3.05) is 11.4 Å². The van der Waals surface area contributed by atoms with E-state index in [-0.39, 0.29) is 0 Å². The number of amides is 1. The third kappa shape index (κ3) is 2.50. The molecular formula is C16H20N2O. The van der Waals surface area contributed by atoms with Crippen LogP contribution in [0.1, 0.15) is 36.8 Å². The van der Waals surface area contributed by atoms with Gasteiger partial charge in [-0.15, -0.1) is 0 Å². The summed E-state index contributed by atoms with van der Waals surface area (Å²) < 4.78 is 0. The Morgan fingerprint density at radius 3 is 2.84 bits per heavy atom. The van der Waals surface area contributed by atoms with Crippen LogP contribution in [0.2, 0.25) is 0 Å². The van der Waals surface area contributed by atoms with E-state index in [1.54, 1.807) is 6.08 Å². The van der Waals surface area contributed by atoms with Crippen LogP contribution in [0.4, 0.5) is 5.69 Å². The van der Waals surface area contributed by atoms with Crippen LogP contribution in [0.25, 0.3) is 6.08 Å². The normalized spacial score (nSPS) is 19.3. The summed E-state index contributed by atoms with van der Waals surface area (Å²) in [7, 11) is 0. The van der Waals surface area contributed by atoms with Crippen LogP contribution >= 0.6 is 0 Å². The molecule has 0 bridgehead atoms. The minimum absolute atomic E-state index is 0.395. The van der Waals surface area contributed by atoms with Crippen molar-refractivity contribution in [3.8, 4) is 0 Å². The van der Waals surface area contributed by atoms with Gasteiger partial charge in [0.25, 0.3) is 0 Å². The topological polar surface area (TPSA) is 46.3 Å². The molecule has 19 heavy (non-hydrogen) atoms. The van der Waals surface area contributed by atoms with E-state index in [2.05, 4.69) is 23.1 Å². The molecule has 1 aromatic carbocycles. The summed E-state index contributed by atoms with van der Waals surface area (Å²) in [6.07, 6.45) is 9.74. The van der Waals surface area contributed by atoms with Gasteiger partial charge in [0.15, 0.2) is 0 Å². The largest absolute Gasteiger partial charge is 0.368 e. The smallest absolute Gasteiger partial charge is 0.241 e. The number of nitrogens with two attached hydrogens (primary N) is 1. The number of rotatable bonds is 3. The highest BCUT2D eigenvalue weighted by molar-refractivity contribution is 5.90. The average Bonchev–Trinajstić information content (AvgIpc) is 3.04. The Kier molecular flexibility index (Phi) is 3.28. The molecule has 0 spiro atoms. The van der Waals surface area contributed by atoms with Crippen molar-refractivity contribution in [1.82, 2.24) is 0 Å². The fraction of sp³-hybridized carbons (Fsp3) is 0.438. The SMILES string of the molecule is NC(=O)/C=C\c1ccc2c(c1)CCN2C1CCCC1. The number of carbonyl (C=O) groups excluding carboxylic acids is 1. The maximum absolute atomic E-state index is 10.8. The van der Waals surface area contributed by atoms with E-state index in [4.69, 9.17) is 5.73 Å². The van der Waals surface area contributed by atoms with Crippen molar-refractivity contribution < 1.29 is 4.79 Å². The summed E-state index contributed by atoms with van der Waals surface area (Å²) >= 11 is 0. The predicted octanol–water partition coefficient (Wildman–Crippen LogP) is 2.49. The summed E-state index contributed by atoms with van der Waals surface area (Å²) in [5, 5.41) is 0. The summed E-state index contributed by atoms with van der Waals surface area (Å²) in [4.78, 5) is 13.3. The van der Waals surface area contributed by atoms with E-state index in [1.807, 2.05) is 0 Å². The molecule has 100 valence electrons. The summed E-state index contributed by atoms with van der Waals surface area (Å²) in [5.41, 5.74) is 8.98. The Morgan fingerprint density at radius 1 is 1.32 bits per heavy atom. The van der Waals surface area contributed by atoms with E-state index in [9.17, 15) is 4.79 Å². The number of hydrogen-bond donors (Lipinski definition) is 1. The van der Waals surface area contributed by atoms with Crippen LogP contribution < -0.4 is 10.6 Å². The Labute approximate surface area is 114 Å². The lowest BCUT2D eigenvalue weighted by atomic mass is 10.1. The molecule has 1 fully saturated rings. The second-order valence-electron chi connectivity index (χ2n) is 5.51. The van der Waals surface area contributed by atoms with Crippen molar-refractivity contribution in [2.45, 2.75) is 38.1 Å². The minimum Gasteiger partial charge on any atom is -0.368 e. The number of fused-ring (bicyclic) bond motifs is 1. The number of carbonyl (C=O) groups is 1. The number of primary amides is 1. The highest BCUT2D eigenvalue weighted by Gasteiger charge is 2.27. The third-order valence-electron chi connectivity index (χ3n) is 4.24. The first-order valence-electron chi connectivity index (χ1n) is 7.11. The minimum atomic E-state index is -0.395. The van der Waals surface area contributed by atoms with Crippen molar-refractivity contribution in [1.29, 1.82) is 0 Å². The third-order valence-corrected chi connectivity index (χ3v) is 4.24. The number of anilines is 1. The van der Waals surface area contributed by atoms with Gasteiger partial charge in [-0.2, -0.15) is 0 Å². The highest BCUT2D eigenvalue weighted by Crippen LogP contribution is 2.35. The van der Waals surface area contributed by atoms with E-state index >= 15 is 0 Å². The van der Waals surface area contributed by atoms with Gasteiger partial charge in [-0.05, 0) is 48.6 Å². The van der Waals surface area contributed by atoms with E-state index in [0.717, 1.165) is 24.6 Å². The molecular weight excluding hydrogens is 236 g/mol. The highest BCUT2D eigenvalue weighted by atomic mass is 16.1. The van der Waals surface area contributed by atoms with Crippen LogP contribution in [0.3, 0.4) is 0 Å². The molecule has 0 atom stereocenters. The van der Waals surface area contributed by atoms with Crippen molar-refractivity contribution in [3.05, 3.63) is 35.4 Å². The van der Waals surface area contributed by atoms with E-state index in [0.29, 0.717) is 0 Å². The molecule has 1 aliphatic carbocycles. The van der Waals surface area contributed by atoms with Crippen molar-refractivity contribution in [2.24, 2.45) is 5.73 Å². The fourth-order valence-electron chi connectivity index (χ4n) is 3.32. The molecule has 1 amide bonds. The first-order valence-corrected chi connectivity index (χ1v) is 7.11. The zero-order valence-electron chi connectivity index (χ0n) is 11.1. The average molecular weight is 256 g/mol. The van der Waals surface area contributed by atoms with Gasteiger partial charge in [-0.1, -0.05) is 18.9 Å². The molecule has 1 aromatic rings. The molecule has 0 unspecified atom stereocenters. The maximum Gasteiger partial charge on any atom is 0.241 e. The zero-order chi connectivity index (χ0) is 13.2. The summed E-state index contributed by atoms with van der Waals surface area (Å²) in [5.74, 6) is -0.395. The molecule has 3 nitrogen and oxygen atoms in total. The van der Waals surface area contributed by atoms with Crippen LogP contribution in [0, 0.1) is 0 Å². The molecule has 3 heteroatoms.